The highest BCUT2D eigenvalue weighted by atomic mass is 15.3. The van der Waals surface area contributed by atoms with Crippen LogP contribution in [-0.4, -0.2) is 19.3 Å². The van der Waals surface area contributed by atoms with Crippen LogP contribution in [0.1, 0.15) is 52.1 Å². The summed E-state index contributed by atoms with van der Waals surface area (Å²) in [4.78, 5) is 4.52. The molecule has 0 radical (unpaired) electrons. The fraction of sp³-hybridized carbons (Fsp3) is 0.733. The van der Waals surface area contributed by atoms with E-state index < -0.39 is 0 Å². The van der Waals surface area contributed by atoms with Gasteiger partial charge >= 0.3 is 0 Å². The highest BCUT2D eigenvalue weighted by molar-refractivity contribution is 5.77. The predicted molar refractivity (Wildman–Crippen MR) is 83.6 cm³/mol. The summed E-state index contributed by atoms with van der Waals surface area (Å²) < 4.78 is 4.04. The Bertz CT molecular complexity index is 564. The van der Waals surface area contributed by atoms with Crippen molar-refractivity contribution in [1.29, 1.82) is 0 Å². The lowest BCUT2D eigenvalue weighted by Crippen LogP contribution is -2.07. The molecule has 0 saturated carbocycles. The number of nitrogen functional groups attached to an aromatic ring is 1. The number of aryl methyl sites for hydroxylation is 3. The Balaban J connectivity index is 2.18. The topological polar surface area (TPSA) is 61.7 Å². The molecule has 20 heavy (non-hydrogen) atoms. The molecule has 2 aromatic heterocycles. The molecule has 0 aromatic carbocycles. The lowest BCUT2D eigenvalue weighted by molar-refractivity contribution is 0.511. The molecule has 112 valence electrons. The number of anilines is 1. The van der Waals surface area contributed by atoms with E-state index in [2.05, 4.69) is 35.4 Å². The maximum Gasteiger partial charge on any atom is 0.202 e. The summed E-state index contributed by atoms with van der Waals surface area (Å²) in [5, 5.41) is 4.58. The smallest absolute Gasteiger partial charge is 0.202 e. The zero-order valence-corrected chi connectivity index (χ0v) is 13.2. The van der Waals surface area contributed by atoms with Crippen LogP contribution in [0.3, 0.4) is 0 Å². The Hall–Kier alpha value is -1.52. The summed E-state index contributed by atoms with van der Waals surface area (Å²) in [5.41, 5.74) is 9.20. The Morgan fingerprint density at radius 1 is 1.25 bits per heavy atom. The highest BCUT2D eigenvalue weighted by Gasteiger charge is 2.17. The van der Waals surface area contributed by atoms with Crippen molar-refractivity contribution in [2.24, 2.45) is 13.0 Å². The first-order valence-electron chi connectivity index (χ1n) is 7.72. The number of imidazole rings is 1. The second-order valence-electron chi connectivity index (χ2n) is 6.00. The van der Waals surface area contributed by atoms with Crippen molar-refractivity contribution in [2.45, 2.75) is 59.4 Å². The van der Waals surface area contributed by atoms with Gasteiger partial charge in [-0.1, -0.05) is 40.0 Å². The summed E-state index contributed by atoms with van der Waals surface area (Å²) in [6.45, 7) is 7.62. The van der Waals surface area contributed by atoms with Crippen LogP contribution in [0.4, 0.5) is 5.95 Å². The van der Waals surface area contributed by atoms with Gasteiger partial charge in [0.15, 0.2) is 5.65 Å². The maximum absolute atomic E-state index is 6.08. The van der Waals surface area contributed by atoms with Gasteiger partial charge in [-0.25, -0.2) is 4.98 Å². The minimum atomic E-state index is 0.620. The molecule has 0 spiro atoms. The molecule has 5 nitrogen and oxygen atoms in total. The average molecular weight is 277 g/mol. The molecule has 2 rings (SSSR count). The van der Waals surface area contributed by atoms with E-state index in [1.807, 2.05) is 11.7 Å². The normalized spacial score (nSPS) is 11.8. The second-order valence-corrected chi connectivity index (χ2v) is 6.00. The van der Waals surface area contributed by atoms with Crippen LogP contribution < -0.4 is 5.73 Å². The SMILES string of the molecule is CCCc1nn(C)c2c1nc(N)n2CCCCC(C)C. The number of hydrogen-bond acceptors (Lipinski definition) is 3. The molecule has 0 unspecified atom stereocenters. The van der Waals surface area contributed by atoms with Gasteiger partial charge in [0.2, 0.25) is 5.95 Å². The highest BCUT2D eigenvalue weighted by Crippen LogP contribution is 2.22. The van der Waals surface area contributed by atoms with Crippen molar-refractivity contribution in [2.75, 3.05) is 5.73 Å². The third-order valence-electron chi connectivity index (χ3n) is 3.72. The van der Waals surface area contributed by atoms with Gasteiger partial charge in [0.25, 0.3) is 0 Å². The zero-order chi connectivity index (χ0) is 14.7. The van der Waals surface area contributed by atoms with E-state index in [0.29, 0.717) is 5.95 Å². The average Bonchev–Trinajstić information content (AvgIpc) is 2.85. The van der Waals surface area contributed by atoms with E-state index in [4.69, 9.17) is 5.73 Å². The van der Waals surface area contributed by atoms with E-state index in [1.165, 1.54) is 12.8 Å². The summed E-state index contributed by atoms with van der Waals surface area (Å²) in [6.07, 6.45) is 5.68. The molecule has 2 aromatic rings. The molecule has 0 bridgehead atoms. The molecule has 0 aliphatic heterocycles. The Labute approximate surface area is 121 Å². The molecule has 2 N–H and O–H groups in total. The summed E-state index contributed by atoms with van der Waals surface area (Å²) >= 11 is 0. The van der Waals surface area contributed by atoms with Crippen molar-refractivity contribution in [3.8, 4) is 0 Å². The first-order chi connectivity index (χ1) is 9.54. The van der Waals surface area contributed by atoms with Crippen molar-refractivity contribution in [3.05, 3.63) is 5.69 Å². The first kappa shape index (κ1) is 14.9. The van der Waals surface area contributed by atoms with Gasteiger partial charge in [-0.05, 0) is 18.8 Å². The molecule has 5 heteroatoms. The third kappa shape index (κ3) is 2.97. The van der Waals surface area contributed by atoms with E-state index in [0.717, 1.165) is 48.6 Å². The molecular weight excluding hydrogens is 250 g/mol. The molecule has 0 aliphatic carbocycles. The number of hydrogen-bond donors (Lipinski definition) is 1. The lowest BCUT2D eigenvalue weighted by atomic mass is 10.1. The third-order valence-corrected chi connectivity index (χ3v) is 3.72. The van der Waals surface area contributed by atoms with E-state index in [-0.39, 0.29) is 0 Å². The van der Waals surface area contributed by atoms with Gasteiger partial charge < -0.3 is 5.73 Å². The van der Waals surface area contributed by atoms with Gasteiger partial charge in [-0.15, -0.1) is 0 Å². The summed E-state index contributed by atoms with van der Waals surface area (Å²) in [7, 11) is 1.98. The minimum Gasteiger partial charge on any atom is -0.369 e. The van der Waals surface area contributed by atoms with Gasteiger partial charge in [0.1, 0.15) is 5.52 Å². The Kier molecular flexibility index (Phi) is 4.68. The predicted octanol–water partition coefficient (Wildman–Crippen LogP) is 3.13. The van der Waals surface area contributed by atoms with Crippen LogP contribution in [0.15, 0.2) is 0 Å². The summed E-state index contributed by atoms with van der Waals surface area (Å²) in [5.74, 6) is 1.39. The number of aromatic nitrogens is 4. The molecule has 0 aliphatic rings. The number of rotatable bonds is 7. The Morgan fingerprint density at radius 3 is 2.65 bits per heavy atom. The molecule has 2 heterocycles. The Morgan fingerprint density at radius 2 is 2.00 bits per heavy atom. The van der Waals surface area contributed by atoms with Crippen LogP contribution in [0.5, 0.6) is 0 Å². The quantitative estimate of drug-likeness (QED) is 0.791. The standard InChI is InChI=1S/C15H27N5/c1-5-8-12-13-14(19(4)18-12)20(15(16)17-13)10-7-6-9-11(2)3/h11H,5-10H2,1-4H3,(H2,16,17). The molecular formula is C15H27N5. The van der Waals surface area contributed by atoms with Crippen LogP contribution in [0.2, 0.25) is 0 Å². The molecule has 0 fully saturated rings. The van der Waals surface area contributed by atoms with E-state index in [1.54, 1.807) is 0 Å². The van der Waals surface area contributed by atoms with Crippen LogP contribution in [0.25, 0.3) is 11.2 Å². The van der Waals surface area contributed by atoms with Crippen molar-refractivity contribution < 1.29 is 0 Å². The fourth-order valence-corrected chi connectivity index (χ4v) is 2.71. The minimum absolute atomic E-state index is 0.620. The van der Waals surface area contributed by atoms with Gasteiger partial charge in [-0.2, -0.15) is 5.10 Å². The number of nitrogens with zero attached hydrogens (tertiary/aromatic N) is 4. The van der Waals surface area contributed by atoms with Gasteiger partial charge in [0, 0.05) is 13.6 Å². The van der Waals surface area contributed by atoms with Crippen molar-refractivity contribution in [1.82, 2.24) is 19.3 Å². The van der Waals surface area contributed by atoms with Crippen molar-refractivity contribution >= 4 is 17.1 Å². The zero-order valence-electron chi connectivity index (χ0n) is 13.2. The molecule has 0 atom stereocenters. The second kappa shape index (κ2) is 6.29. The largest absolute Gasteiger partial charge is 0.369 e. The van der Waals surface area contributed by atoms with Crippen LogP contribution in [-0.2, 0) is 20.0 Å². The molecule has 0 saturated heterocycles. The van der Waals surface area contributed by atoms with Gasteiger partial charge in [0.05, 0.1) is 5.69 Å². The van der Waals surface area contributed by atoms with E-state index in [9.17, 15) is 0 Å². The summed E-state index contributed by atoms with van der Waals surface area (Å²) in [6, 6.07) is 0. The molecule has 0 amide bonds. The number of fused-ring (bicyclic) bond motifs is 1. The monoisotopic (exact) mass is 277 g/mol. The fourth-order valence-electron chi connectivity index (χ4n) is 2.71. The number of unbranched alkanes of at least 4 members (excludes halogenated alkanes) is 1. The van der Waals surface area contributed by atoms with Gasteiger partial charge in [-0.3, -0.25) is 9.25 Å². The van der Waals surface area contributed by atoms with Crippen LogP contribution >= 0.6 is 0 Å². The van der Waals surface area contributed by atoms with Crippen LogP contribution in [0, 0.1) is 5.92 Å². The van der Waals surface area contributed by atoms with E-state index >= 15 is 0 Å². The first-order valence-corrected chi connectivity index (χ1v) is 7.72. The van der Waals surface area contributed by atoms with Crippen molar-refractivity contribution in [3.63, 3.8) is 0 Å². The maximum atomic E-state index is 6.08. The lowest BCUT2D eigenvalue weighted by Gasteiger charge is -2.08. The number of nitrogens with two attached hydrogens (primary N) is 1.